The molecule has 0 spiro atoms. The van der Waals surface area contributed by atoms with Crippen molar-refractivity contribution in [1.82, 2.24) is 9.66 Å². The molecule has 1 fully saturated rings. The number of nitrogens with zero attached hydrogens (tertiary/aromatic N) is 3. The molecule has 0 saturated heterocycles. The van der Waals surface area contributed by atoms with Crippen LogP contribution in [0.5, 0.6) is 11.5 Å². The second-order valence-electron chi connectivity index (χ2n) is 9.88. The Kier molecular flexibility index (Phi) is 10.1. The Morgan fingerprint density at radius 3 is 2.55 bits per heavy atom. The number of hydrogen-bond acceptors (Lipinski definition) is 6. The van der Waals surface area contributed by atoms with Gasteiger partial charge >= 0.3 is 0 Å². The van der Waals surface area contributed by atoms with Crippen LogP contribution in [-0.2, 0) is 4.79 Å². The summed E-state index contributed by atoms with van der Waals surface area (Å²) >= 11 is 10.7. The van der Waals surface area contributed by atoms with Crippen LogP contribution >= 0.6 is 47.8 Å². The lowest BCUT2D eigenvalue weighted by Gasteiger charge is -2.23. The van der Waals surface area contributed by atoms with Crippen molar-refractivity contribution >= 4 is 76.5 Å². The number of carbonyl (C=O) groups excluding carboxylic acids is 1. The Morgan fingerprint density at radius 1 is 1.05 bits per heavy atom. The molecule has 0 atom stereocenters. The maximum absolute atomic E-state index is 13.7. The van der Waals surface area contributed by atoms with Crippen LogP contribution < -0.4 is 20.3 Å². The summed E-state index contributed by atoms with van der Waals surface area (Å²) in [6.45, 7) is 2.03. The summed E-state index contributed by atoms with van der Waals surface area (Å²) in [5.74, 6) is 1.34. The van der Waals surface area contributed by atoms with Crippen LogP contribution in [0.1, 0.15) is 56.3 Å². The molecule has 8 nitrogen and oxygen atoms in total. The number of benzene rings is 3. The number of rotatable bonds is 9. The number of fused-ring (bicyclic) bond motifs is 1. The lowest BCUT2D eigenvalue weighted by atomic mass is 9.88. The van der Waals surface area contributed by atoms with Gasteiger partial charge in [0.15, 0.2) is 18.1 Å². The maximum atomic E-state index is 13.7. The number of hydrogen-bond donors (Lipinski definition) is 1. The van der Waals surface area contributed by atoms with E-state index < -0.39 is 0 Å². The zero-order valence-electron chi connectivity index (χ0n) is 22.9. The average Bonchev–Trinajstić information content (AvgIpc) is 3.00. The second-order valence-corrected chi connectivity index (χ2v) is 12.4. The van der Waals surface area contributed by atoms with Crippen LogP contribution in [0.4, 0.5) is 5.69 Å². The van der Waals surface area contributed by atoms with Gasteiger partial charge in [-0.15, -0.1) is 0 Å². The van der Waals surface area contributed by atoms with E-state index in [9.17, 15) is 9.59 Å². The van der Waals surface area contributed by atoms with E-state index in [0.29, 0.717) is 55.0 Å². The predicted octanol–water partition coefficient (Wildman–Crippen LogP) is 8.03. The Bertz CT molecular complexity index is 1690. The highest BCUT2D eigenvalue weighted by Gasteiger charge is 2.23. The van der Waals surface area contributed by atoms with Crippen LogP contribution in [0.15, 0.2) is 77.9 Å². The average molecular weight is 761 g/mol. The van der Waals surface area contributed by atoms with Gasteiger partial charge in [0.1, 0.15) is 5.82 Å². The molecule has 1 aliphatic carbocycles. The van der Waals surface area contributed by atoms with Gasteiger partial charge in [0.05, 0.1) is 28.2 Å². The Labute approximate surface area is 268 Å². The van der Waals surface area contributed by atoms with Crippen LogP contribution in [0.2, 0.25) is 0 Å². The topological polar surface area (TPSA) is 94.8 Å². The van der Waals surface area contributed by atoms with Gasteiger partial charge in [0, 0.05) is 26.1 Å². The first-order valence-corrected chi connectivity index (χ1v) is 16.1. The molecule has 0 radical (unpaired) electrons. The van der Waals surface area contributed by atoms with Crippen molar-refractivity contribution in [2.24, 2.45) is 5.10 Å². The van der Waals surface area contributed by atoms with E-state index in [0.717, 1.165) is 30.2 Å². The van der Waals surface area contributed by atoms with Gasteiger partial charge in [-0.25, -0.2) is 4.98 Å². The van der Waals surface area contributed by atoms with E-state index in [1.807, 2.05) is 37.3 Å². The minimum absolute atomic E-state index is 0.156. The summed E-state index contributed by atoms with van der Waals surface area (Å²) in [5, 5.41) is 7.98. The number of amides is 1. The Balaban J connectivity index is 1.48. The summed E-state index contributed by atoms with van der Waals surface area (Å²) in [4.78, 5) is 31.1. The van der Waals surface area contributed by atoms with Gasteiger partial charge in [0.25, 0.3) is 11.5 Å². The second kappa shape index (κ2) is 14.0. The number of nitrogens with one attached hydrogen (secondary N) is 1. The molecule has 5 rings (SSSR count). The van der Waals surface area contributed by atoms with Crippen LogP contribution in [-0.4, -0.2) is 35.0 Å². The number of anilines is 1. The zero-order chi connectivity index (χ0) is 29.6. The Hall–Kier alpha value is -3.02. The first kappa shape index (κ1) is 30.4. The minimum Gasteiger partial charge on any atom is -0.490 e. The fraction of sp³-hybridized carbons (Fsp3) is 0.290. The summed E-state index contributed by atoms with van der Waals surface area (Å²) in [5.41, 5.74) is 1.78. The third-order valence-electron chi connectivity index (χ3n) is 6.98. The normalized spacial score (nSPS) is 13.9. The molecule has 4 aromatic rings. The molecule has 1 aliphatic rings. The van der Waals surface area contributed by atoms with E-state index in [4.69, 9.17) is 14.5 Å². The quantitative estimate of drug-likeness (QED) is 0.175. The van der Waals surface area contributed by atoms with Gasteiger partial charge in [0.2, 0.25) is 0 Å². The third-order valence-corrected chi connectivity index (χ3v) is 9.61. The van der Waals surface area contributed by atoms with Gasteiger partial charge < -0.3 is 14.8 Å². The molecule has 42 heavy (non-hydrogen) atoms. The maximum Gasteiger partial charge on any atom is 0.282 e. The van der Waals surface area contributed by atoms with Crippen molar-refractivity contribution in [2.75, 3.05) is 18.5 Å². The van der Waals surface area contributed by atoms with E-state index in [-0.39, 0.29) is 24.0 Å². The predicted molar refractivity (Wildman–Crippen MR) is 176 cm³/mol. The number of para-hydroxylation sites is 1. The lowest BCUT2D eigenvalue weighted by molar-refractivity contribution is -0.118. The standard InChI is InChI=1S/C31H29Br3N4O4/c1-2-41-25-15-20(27(33)28(34)29(25)42-18-26(39)36-22-11-7-4-8-12-22)17-35-38-30(19-9-5-3-6-10-19)37-24-14-13-21(32)16-23(24)31(38)40/h4,7-8,11-17,19H,2-3,5-6,9-10,18H2,1H3,(H,36,39). The number of ether oxygens (including phenoxy) is 2. The van der Waals surface area contributed by atoms with Crippen LogP contribution in [0.3, 0.4) is 0 Å². The third kappa shape index (κ3) is 6.95. The molecular formula is C31H29Br3N4O4. The molecule has 11 heteroatoms. The largest absolute Gasteiger partial charge is 0.490 e. The van der Waals surface area contributed by atoms with Crippen molar-refractivity contribution in [3.05, 3.63) is 89.8 Å². The van der Waals surface area contributed by atoms with Gasteiger partial charge in [-0.05, 0) is 88.0 Å². The highest BCUT2D eigenvalue weighted by Crippen LogP contribution is 2.42. The van der Waals surface area contributed by atoms with Crippen molar-refractivity contribution in [1.29, 1.82) is 0 Å². The van der Waals surface area contributed by atoms with Gasteiger partial charge in [-0.2, -0.15) is 9.78 Å². The van der Waals surface area contributed by atoms with E-state index in [2.05, 4.69) is 58.2 Å². The smallest absolute Gasteiger partial charge is 0.282 e. The van der Waals surface area contributed by atoms with Crippen LogP contribution in [0, 0.1) is 0 Å². The zero-order valence-corrected chi connectivity index (χ0v) is 27.7. The summed E-state index contributed by atoms with van der Waals surface area (Å²) in [6.07, 6.45) is 6.94. The van der Waals surface area contributed by atoms with Crippen LogP contribution in [0.25, 0.3) is 10.9 Å². The molecule has 1 heterocycles. The summed E-state index contributed by atoms with van der Waals surface area (Å²) in [7, 11) is 0. The number of carbonyl (C=O) groups is 1. The first-order chi connectivity index (χ1) is 20.4. The Morgan fingerprint density at radius 2 is 1.81 bits per heavy atom. The molecule has 0 aliphatic heterocycles. The van der Waals surface area contributed by atoms with Crippen molar-refractivity contribution in [2.45, 2.75) is 44.9 Å². The van der Waals surface area contributed by atoms with E-state index >= 15 is 0 Å². The molecule has 1 aromatic heterocycles. The fourth-order valence-corrected chi connectivity index (χ4v) is 6.27. The van der Waals surface area contributed by atoms with Crippen molar-refractivity contribution in [3.8, 4) is 11.5 Å². The van der Waals surface area contributed by atoms with Crippen molar-refractivity contribution in [3.63, 3.8) is 0 Å². The van der Waals surface area contributed by atoms with Gasteiger partial charge in [-0.3, -0.25) is 9.59 Å². The SMILES string of the molecule is CCOc1cc(C=Nn2c(C3CCCCC3)nc3ccc(Br)cc3c2=O)c(Br)c(Br)c1OCC(=O)Nc1ccccc1. The minimum atomic E-state index is -0.303. The molecule has 0 unspecified atom stereocenters. The monoisotopic (exact) mass is 758 g/mol. The fourth-order valence-electron chi connectivity index (χ4n) is 4.97. The molecule has 1 saturated carbocycles. The highest BCUT2D eigenvalue weighted by atomic mass is 79.9. The van der Waals surface area contributed by atoms with Gasteiger partial charge in [-0.1, -0.05) is 53.4 Å². The molecule has 1 N–H and O–H groups in total. The van der Waals surface area contributed by atoms with Crippen molar-refractivity contribution < 1.29 is 14.3 Å². The number of aromatic nitrogens is 2. The molecule has 218 valence electrons. The molecular weight excluding hydrogens is 732 g/mol. The lowest BCUT2D eigenvalue weighted by Crippen LogP contribution is -2.25. The molecule has 1 amide bonds. The molecule has 0 bridgehead atoms. The summed E-state index contributed by atoms with van der Waals surface area (Å²) in [6, 6.07) is 16.5. The van der Waals surface area contributed by atoms with E-state index in [1.54, 1.807) is 30.5 Å². The summed E-state index contributed by atoms with van der Waals surface area (Å²) < 4.78 is 15.2. The highest BCUT2D eigenvalue weighted by molar-refractivity contribution is 9.13. The number of halogens is 3. The van der Waals surface area contributed by atoms with E-state index in [1.165, 1.54) is 11.1 Å². The molecule has 3 aromatic carbocycles. The first-order valence-electron chi connectivity index (χ1n) is 13.7.